The number of hydrogen-bond acceptors (Lipinski definition) is 5. The third-order valence-electron chi connectivity index (χ3n) is 2.98. The zero-order valence-electron chi connectivity index (χ0n) is 9.43. The Hall–Kier alpha value is -1.82. The Kier molecular flexibility index (Phi) is 2.79. The first-order valence-electron chi connectivity index (χ1n) is 5.83. The Bertz CT molecular complexity index is 474. The number of piperidine rings is 1. The van der Waals surface area contributed by atoms with E-state index in [9.17, 15) is 0 Å². The molecule has 1 aliphatic heterocycles. The van der Waals surface area contributed by atoms with Crippen LogP contribution in [0, 0.1) is 0 Å². The quantitative estimate of drug-likeness (QED) is 0.795. The van der Waals surface area contributed by atoms with Gasteiger partial charge in [0, 0.05) is 24.9 Å². The highest BCUT2D eigenvalue weighted by Crippen LogP contribution is 2.21. The Morgan fingerprint density at radius 1 is 1.29 bits per heavy atom. The Labute approximate surface area is 98.9 Å². The molecule has 0 saturated carbocycles. The van der Waals surface area contributed by atoms with E-state index in [1.807, 2.05) is 0 Å². The second-order valence-corrected chi connectivity index (χ2v) is 4.18. The Morgan fingerprint density at radius 3 is 3.06 bits per heavy atom. The summed E-state index contributed by atoms with van der Waals surface area (Å²) in [7, 11) is 0. The molecular formula is C11H14N6. The van der Waals surface area contributed by atoms with Crippen molar-refractivity contribution < 1.29 is 0 Å². The van der Waals surface area contributed by atoms with Gasteiger partial charge in [0.25, 0.3) is 0 Å². The van der Waals surface area contributed by atoms with E-state index < -0.39 is 0 Å². The fraction of sp³-hybridized carbons (Fsp3) is 0.455. The molecule has 0 radical (unpaired) electrons. The predicted molar refractivity (Wildman–Crippen MR) is 62.3 cm³/mol. The molecule has 2 aromatic heterocycles. The van der Waals surface area contributed by atoms with Gasteiger partial charge in [-0.15, -0.1) is 0 Å². The largest absolute Gasteiger partial charge is 0.316 e. The van der Waals surface area contributed by atoms with Crippen molar-refractivity contribution in [3.8, 4) is 11.5 Å². The van der Waals surface area contributed by atoms with Crippen molar-refractivity contribution in [1.29, 1.82) is 0 Å². The zero-order valence-corrected chi connectivity index (χ0v) is 9.43. The Morgan fingerprint density at radius 2 is 2.29 bits per heavy atom. The van der Waals surface area contributed by atoms with Gasteiger partial charge in [-0.25, -0.2) is 9.97 Å². The lowest BCUT2D eigenvalue weighted by Crippen LogP contribution is -2.28. The van der Waals surface area contributed by atoms with Crippen molar-refractivity contribution in [3.05, 3.63) is 24.4 Å². The van der Waals surface area contributed by atoms with E-state index in [0.29, 0.717) is 17.4 Å². The highest BCUT2D eigenvalue weighted by molar-refractivity contribution is 5.46. The highest BCUT2D eigenvalue weighted by Gasteiger charge is 2.19. The number of H-pyrrole nitrogens is 1. The smallest absolute Gasteiger partial charge is 0.201 e. The standard InChI is InChI=1S/C11H14N6/c1-2-8(6-12-3-1)10-15-11(17-16-10)9-7-13-4-5-14-9/h4-5,7-8,12H,1-3,6H2,(H,15,16,17)/t8-/m1/s1. The molecule has 1 atom stereocenters. The van der Waals surface area contributed by atoms with Crippen molar-refractivity contribution in [2.24, 2.45) is 0 Å². The molecule has 0 amide bonds. The number of rotatable bonds is 2. The minimum absolute atomic E-state index is 0.432. The molecule has 3 rings (SSSR count). The van der Waals surface area contributed by atoms with Crippen LogP contribution in [0.25, 0.3) is 11.5 Å². The highest BCUT2D eigenvalue weighted by atomic mass is 15.2. The molecule has 88 valence electrons. The molecule has 1 fully saturated rings. The second-order valence-electron chi connectivity index (χ2n) is 4.18. The van der Waals surface area contributed by atoms with E-state index in [1.165, 1.54) is 6.42 Å². The van der Waals surface area contributed by atoms with Crippen LogP contribution < -0.4 is 5.32 Å². The first-order valence-corrected chi connectivity index (χ1v) is 5.83. The molecule has 3 heterocycles. The van der Waals surface area contributed by atoms with Gasteiger partial charge in [0.05, 0.1) is 6.20 Å². The molecule has 0 aliphatic carbocycles. The summed E-state index contributed by atoms with van der Waals surface area (Å²) < 4.78 is 0. The Balaban J connectivity index is 1.83. The summed E-state index contributed by atoms with van der Waals surface area (Å²) in [5, 5.41) is 10.6. The third kappa shape index (κ3) is 2.16. The fourth-order valence-electron chi connectivity index (χ4n) is 2.07. The van der Waals surface area contributed by atoms with Crippen LogP contribution in [0.3, 0.4) is 0 Å². The topological polar surface area (TPSA) is 79.4 Å². The molecule has 0 aromatic carbocycles. The molecule has 6 nitrogen and oxygen atoms in total. The lowest BCUT2D eigenvalue weighted by atomic mass is 9.99. The lowest BCUT2D eigenvalue weighted by molar-refractivity contribution is 0.447. The summed E-state index contributed by atoms with van der Waals surface area (Å²) in [5.74, 6) is 2.00. The summed E-state index contributed by atoms with van der Waals surface area (Å²) in [6.07, 6.45) is 7.30. The molecule has 2 aromatic rings. The number of hydrogen-bond donors (Lipinski definition) is 2. The van der Waals surface area contributed by atoms with Crippen molar-refractivity contribution >= 4 is 0 Å². The summed E-state index contributed by atoms with van der Waals surface area (Å²) in [6, 6.07) is 0. The van der Waals surface area contributed by atoms with Crippen molar-refractivity contribution in [2.75, 3.05) is 13.1 Å². The first-order chi connectivity index (χ1) is 8.43. The predicted octanol–water partition coefficient (Wildman–Crippen LogP) is 0.729. The average Bonchev–Trinajstić information content (AvgIpc) is 2.90. The van der Waals surface area contributed by atoms with Gasteiger partial charge in [-0.2, -0.15) is 5.10 Å². The van der Waals surface area contributed by atoms with Gasteiger partial charge in [-0.1, -0.05) is 0 Å². The van der Waals surface area contributed by atoms with E-state index in [1.54, 1.807) is 18.6 Å². The molecular weight excluding hydrogens is 216 g/mol. The normalized spacial score (nSPS) is 20.4. The van der Waals surface area contributed by atoms with Crippen LogP contribution >= 0.6 is 0 Å². The summed E-state index contributed by atoms with van der Waals surface area (Å²) in [5.41, 5.74) is 0.707. The molecule has 0 bridgehead atoms. The maximum absolute atomic E-state index is 4.50. The SMILES string of the molecule is c1cnc(-c2n[nH]c([C@@H]3CCCNC3)n2)cn1. The number of aromatic amines is 1. The fourth-order valence-corrected chi connectivity index (χ4v) is 2.07. The van der Waals surface area contributed by atoms with Crippen LogP contribution in [0.1, 0.15) is 24.6 Å². The van der Waals surface area contributed by atoms with Gasteiger partial charge in [-0.3, -0.25) is 10.1 Å². The van der Waals surface area contributed by atoms with Crippen LogP contribution in [0.4, 0.5) is 0 Å². The maximum atomic E-state index is 4.50. The monoisotopic (exact) mass is 230 g/mol. The van der Waals surface area contributed by atoms with E-state index in [0.717, 1.165) is 25.3 Å². The van der Waals surface area contributed by atoms with Crippen LogP contribution in [0.2, 0.25) is 0 Å². The van der Waals surface area contributed by atoms with Gasteiger partial charge in [-0.05, 0) is 19.4 Å². The summed E-state index contributed by atoms with van der Waals surface area (Å²) >= 11 is 0. The van der Waals surface area contributed by atoms with E-state index >= 15 is 0 Å². The number of aromatic nitrogens is 5. The van der Waals surface area contributed by atoms with E-state index in [2.05, 4.69) is 30.5 Å². The van der Waals surface area contributed by atoms with Crippen molar-refractivity contribution in [1.82, 2.24) is 30.5 Å². The van der Waals surface area contributed by atoms with Gasteiger partial charge >= 0.3 is 0 Å². The zero-order chi connectivity index (χ0) is 11.5. The van der Waals surface area contributed by atoms with Gasteiger partial charge in [0.2, 0.25) is 5.82 Å². The molecule has 1 saturated heterocycles. The minimum Gasteiger partial charge on any atom is -0.316 e. The second kappa shape index (κ2) is 4.58. The molecule has 6 heteroatoms. The van der Waals surface area contributed by atoms with Crippen molar-refractivity contribution in [3.63, 3.8) is 0 Å². The van der Waals surface area contributed by atoms with E-state index in [4.69, 9.17) is 0 Å². The molecule has 1 aliphatic rings. The van der Waals surface area contributed by atoms with Gasteiger partial charge in [0.1, 0.15) is 11.5 Å². The van der Waals surface area contributed by atoms with Crippen LogP contribution in [-0.2, 0) is 0 Å². The molecule has 17 heavy (non-hydrogen) atoms. The van der Waals surface area contributed by atoms with Gasteiger partial charge < -0.3 is 5.32 Å². The summed E-state index contributed by atoms with van der Waals surface area (Å²) in [4.78, 5) is 12.7. The van der Waals surface area contributed by atoms with Gasteiger partial charge in [0.15, 0.2) is 0 Å². The average molecular weight is 230 g/mol. The molecule has 0 spiro atoms. The van der Waals surface area contributed by atoms with Crippen LogP contribution in [0.5, 0.6) is 0 Å². The lowest BCUT2D eigenvalue weighted by Gasteiger charge is -2.20. The first kappa shape index (κ1) is 10.3. The third-order valence-corrected chi connectivity index (χ3v) is 2.98. The number of nitrogens with one attached hydrogen (secondary N) is 2. The minimum atomic E-state index is 0.432. The van der Waals surface area contributed by atoms with E-state index in [-0.39, 0.29) is 0 Å². The molecule has 2 N–H and O–H groups in total. The summed E-state index contributed by atoms with van der Waals surface area (Å²) in [6.45, 7) is 2.07. The van der Waals surface area contributed by atoms with Crippen LogP contribution in [-0.4, -0.2) is 38.2 Å². The maximum Gasteiger partial charge on any atom is 0.201 e. The van der Waals surface area contributed by atoms with Crippen molar-refractivity contribution in [2.45, 2.75) is 18.8 Å². The number of nitrogens with zero attached hydrogens (tertiary/aromatic N) is 4. The molecule has 0 unspecified atom stereocenters. The van der Waals surface area contributed by atoms with Crippen LogP contribution in [0.15, 0.2) is 18.6 Å².